The van der Waals surface area contributed by atoms with Gasteiger partial charge in [-0.05, 0) is 33.6 Å². The standard InChI is InChI=1S/C16H22N4O2/c1-11(15-12(2)18-22-13(15)3)16(21)19-7-4-5-14(9-19)20-8-6-17-10-20/h6,8,10-11,14H,4-5,7,9H2,1-3H3/t11-,14+/m1/s1. The van der Waals surface area contributed by atoms with E-state index in [0.717, 1.165) is 42.9 Å². The molecule has 2 aromatic heterocycles. The number of imidazole rings is 1. The fraction of sp³-hybridized carbons (Fsp3) is 0.562. The van der Waals surface area contributed by atoms with Crippen molar-refractivity contribution in [2.75, 3.05) is 13.1 Å². The Morgan fingerprint density at radius 1 is 1.45 bits per heavy atom. The first kappa shape index (κ1) is 14.8. The highest BCUT2D eigenvalue weighted by atomic mass is 16.5. The number of rotatable bonds is 3. The van der Waals surface area contributed by atoms with Gasteiger partial charge < -0.3 is 14.0 Å². The van der Waals surface area contributed by atoms with Gasteiger partial charge in [-0.25, -0.2) is 4.98 Å². The topological polar surface area (TPSA) is 64.2 Å². The molecule has 1 fully saturated rings. The maximum Gasteiger partial charge on any atom is 0.230 e. The first-order valence-electron chi connectivity index (χ1n) is 7.77. The predicted molar refractivity (Wildman–Crippen MR) is 81.5 cm³/mol. The molecule has 0 aliphatic carbocycles. The minimum Gasteiger partial charge on any atom is -0.361 e. The molecule has 2 aromatic rings. The van der Waals surface area contributed by atoms with Gasteiger partial charge in [0.15, 0.2) is 0 Å². The highest BCUT2D eigenvalue weighted by Gasteiger charge is 2.30. The van der Waals surface area contributed by atoms with E-state index in [1.165, 1.54) is 0 Å². The van der Waals surface area contributed by atoms with Crippen molar-refractivity contribution in [2.45, 2.75) is 45.6 Å². The zero-order valence-electron chi connectivity index (χ0n) is 13.3. The van der Waals surface area contributed by atoms with E-state index in [1.54, 1.807) is 6.20 Å². The third-order valence-electron chi connectivity index (χ3n) is 4.55. The monoisotopic (exact) mass is 302 g/mol. The van der Waals surface area contributed by atoms with E-state index < -0.39 is 0 Å². The minimum absolute atomic E-state index is 0.152. The lowest BCUT2D eigenvalue weighted by Crippen LogP contribution is -2.42. The number of hydrogen-bond donors (Lipinski definition) is 0. The van der Waals surface area contributed by atoms with Crippen molar-refractivity contribution in [3.05, 3.63) is 35.7 Å². The lowest BCUT2D eigenvalue weighted by Gasteiger charge is -2.34. The average Bonchev–Trinajstić information content (AvgIpc) is 3.16. The molecule has 6 nitrogen and oxygen atoms in total. The van der Waals surface area contributed by atoms with E-state index in [-0.39, 0.29) is 11.8 Å². The van der Waals surface area contributed by atoms with E-state index in [4.69, 9.17) is 4.52 Å². The van der Waals surface area contributed by atoms with Crippen molar-refractivity contribution < 1.29 is 9.32 Å². The largest absolute Gasteiger partial charge is 0.361 e. The maximum absolute atomic E-state index is 12.8. The number of carbonyl (C=O) groups excluding carboxylic acids is 1. The SMILES string of the molecule is Cc1noc(C)c1[C@@H](C)C(=O)N1CCC[C@H](n2ccnc2)C1. The van der Waals surface area contributed by atoms with Crippen LogP contribution in [0.25, 0.3) is 0 Å². The summed E-state index contributed by atoms with van der Waals surface area (Å²) in [4.78, 5) is 18.9. The van der Waals surface area contributed by atoms with Crippen LogP contribution in [0.2, 0.25) is 0 Å². The molecule has 3 rings (SSSR count). The van der Waals surface area contributed by atoms with Crippen LogP contribution >= 0.6 is 0 Å². The van der Waals surface area contributed by atoms with Crippen LogP contribution in [0.1, 0.15) is 48.7 Å². The van der Waals surface area contributed by atoms with Gasteiger partial charge in [-0.3, -0.25) is 4.79 Å². The molecule has 0 aromatic carbocycles. The summed E-state index contributed by atoms with van der Waals surface area (Å²) in [6.07, 6.45) is 7.68. The molecule has 1 amide bonds. The molecule has 6 heteroatoms. The van der Waals surface area contributed by atoms with Gasteiger partial charge in [-0.15, -0.1) is 0 Å². The summed E-state index contributed by atoms with van der Waals surface area (Å²) < 4.78 is 7.30. The normalized spacial score (nSPS) is 20.1. The van der Waals surface area contributed by atoms with Crippen LogP contribution in [0.3, 0.4) is 0 Å². The van der Waals surface area contributed by atoms with Crippen molar-refractivity contribution in [3.8, 4) is 0 Å². The molecular formula is C16H22N4O2. The van der Waals surface area contributed by atoms with Gasteiger partial charge in [-0.1, -0.05) is 5.16 Å². The predicted octanol–water partition coefficient (Wildman–Crippen LogP) is 2.46. The van der Waals surface area contributed by atoms with E-state index in [1.807, 2.05) is 38.2 Å². The average molecular weight is 302 g/mol. The van der Waals surface area contributed by atoms with Gasteiger partial charge in [0.1, 0.15) is 5.76 Å². The molecule has 0 N–H and O–H groups in total. The number of likely N-dealkylation sites (tertiary alicyclic amines) is 1. The highest BCUT2D eigenvalue weighted by Crippen LogP contribution is 2.28. The van der Waals surface area contributed by atoms with Crippen LogP contribution in [0.15, 0.2) is 23.2 Å². The molecule has 0 spiro atoms. The van der Waals surface area contributed by atoms with Gasteiger partial charge in [0, 0.05) is 31.0 Å². The van der Waals surface area contributed by atoms with Gasteiger partial charge in [-0.2, -0.15) is 0 Å². The molecule has 0 bridgehead atoms. The second-order valence-corrected chi connectivity index (χ2v) is 6.05. The van der Waals surface area contributed by atoms with Crippen molar-refractivity contribution >= 4 is 5.91 Å². The Kier molecular flexibility index (Phi) is 4.00. The van der Waals surface area contributed by atoms with Crippen LogP contribution in [0, 0.1) is 13.8 Å². The Labute approximate surface area is 130 Å². The summed E-state index contributed by atoms with van der Waals surface area (Å²) in [6, 6.07) is 0.317. The molecule has 118 valence electrons. The second kappa shape index (κ2) is 5.94. The Bertz CT molecular complexity index is 628. The number of carbonyl (C=O) groups is 1. The molecule has 2 atom stereocenters. The number of hydrogen-bond acceptors (Lipinski definition) is 4. The molecule has 0 saturated carbocycles. The van der Waals surface area contributed by atoms with Gasteiger partial charge in [0.05, 0.1) is 24.0 Å². The van der Waals surface area contributed by atoms with Crippen LogP contribution in [-0.2, 0) is 4.79 Å². The Balaban J connectivity index is 1.74. The van der Waals surface area contributed by atoms with Crippen LogP contribution < -0.4 is 0 Å². The molecule has 1 aliphatic heterocycles. The van der Waals surface area contributed by atoms with E-state index in [9.17, 15) is 4.79 Å². The Morgan fingerprint density at radius 2 is 2.27 bits per heavy atom. The summed E-state index contributed by atoms with van der Waals surface area (Å²) in [6.45, 7) is 7.25. The zero-order chi connectivity index (χ0) is 15.7. The minimum atomic E-state index is -0.215. The third kappa shape index (κ3) is 2.65. The summed E-state index contributed by atoms with van der Waals surface area (Å²) in [5.74, 6) is 0.675. The van der Waals surface area contributed by atoms with E-state index in [2.05, 4.69) is 14.7 Å². The summed E-state index contributed by atoms with van der Waals surface area (Å²) in [7, 11) is 0. The molecule has 22 heavy (non-hydrogen) atoms. The molecule has 1 saturated heterocycles. The van der Waals surface area contributed by atoms with Gasteiger partial charge in [0.2, 0.25) is 5.91 Å². The van der Waals surface area contributed by atoms with Crippen molar-refractivity contribution in [2.24, 2.45) is 0 Å². The molecule has 0 radical (unpaired) electrons. The van der Waals surface area contributed by atoms with Crippen molar-refractivity contribution in [3.63, 3.8) is 0 Å². The summed E-state index contributed by atoms with van der Waals surface area (Å²) >= 11 is 0. The number of aryl methyl sites for hydroxylation is 2. The number of amides is 1. The van der Waals surface area contributed by atoms with Crippen molar-refractivity contribution in [1.82, 2.24) is 19.6 Å². The second-order valence-electron chi connectivity index (χ2n) is 6.05. The molecule has 1 aliphatic rings. The van der Waals surface area contributed by atoms with Crippen LogP contribution in [0.4, 0.5) is 0 Å². The summed E-state index contributed by atoms with van der Waals surface area (Å²) in [5, 5.41) is 3.96. The quantitative estimate of drug-likeness (QED) is 0.873. The lowest BCUT2D eigenvalue weighted by atomic mass is 9.96. The summed E-state index contributed by atoms with van der Waals surface area (Å²) in [5.41, 5.74) is 1.73. The maximum atomic E-state index is 12.8. The first-order valence-corrected chi connectivity index (χ1v) is 7.77. The molecule has 3 heterocycles. The lowest BCUT2D eigenvalue weighted by molar-refractivity contribution is -0.134. The Hall–Kier alpha value is -2.11. The fourth-order valence-corrected chi connectivity index (χ4v) is 3.39. The number of nitrogens with zero attached hydrogens (tertiary/aromatic N) is 4. The number of aromatic nitrogens is 3. The zero-order valence-corrected chi connectivity index (χ0v) is 13.3. The third-order valence-corrected chi connectivity index (χ3v) is 4.55. The van der Waals surface area contributed by atoms with E-state index in [0.29, 0.717) is 6.04 Å². The molecule has 0 unspecified atom stereocenters. The van der Waals surface area contributed by atoms with E-state index >= 15 is 0 Å². The molecular weight excluding hydrogens is 280 g/mol. The number of piperidine rings is 1. The van der Waals surface area contributed by atoms with Crippen LogP contribution in [0.5, 0.6) is 0 Å². The van der Waals surface area contributed by atoms with Crippen molar-refractivity contribution in [1.29, 1.82) is 0 Å². The Morgan fingerprint density at radius 3 is 2.91 bits per heavy atom. The van der Waals surface area contributed by atoms with Gasteiger partial charge in [0.25, 0.3) is 0 Å². The first-order chi connectivity index (χ1) is 10.6. The fourth-order valence-electron chi connectivity index (χ4n) is 3.39. The highest BCUT2D eigenvalue weighted by molar-refractivity contribution is 5.84. The van der Waals surface area contributed by atoms with Crippen LogP contribution in [-0.4, -0.2) is 38.6 Å². The smallest absolute Gasteiger partial charge is 0.230 e. The van der Waals surface area contributed by atoms with Gasteiger partial charge >= 0.3 is 0 Å².